The van der Waals surface area contributed by atoms with Gasteiger partial charge in [-0.15, -0.1) is 0 Å². The Morgan fingerprint density at radius 2 is 1.62 bits per heavy atom. The van der Waals surface area contributed by atoms with Crippen LogP contribution in [0.1, 0.15) is 36.0 Å². The third-order valence-electron chi connectivity index (χ3n) is 4.95. The Balaban J connectivity index is 1.62. The number of nitrogens with two attached hydrogens (primary N) is 1. The van der Waals surface area contributed by atoms with E-state index in [2.05, 4.69) is 4.90 Å². The number of primary amides is 1. The standard InChI is InChI=1S/C17H21F2N3O2/c18-12-8-11(9-13(19)10-12)17(24)21-6-3-14(4-7-21)22-5-1-2-15(22)16(20)23/h8-10,14-15H,1-7H2,(H2,20,23). The molecule has 1 aromatic carbocycles. The lowest BCUT2D eigenvalue weighted by Gasteiger charge is -2.38. The van der Waals surface area contributed by atoms with Crippen molar-refractivity contribution in [1.82, 2.24) is 9.80 Å². The maximum absolute atomic E-state index is 13.3. The average molecular weight is 337 g/mol. The highest BCUT2D eigenvalue weighted by atomic mass is 19.1. The first-order valence-electron chi connectivity index (χ1n) is 8.26. The lowest BCUT2D eigenvalue weighted by Crippen LogP contribution is -2.51. The quantitative estimate of drug-likeness (QED) is 0.909. The molecule has 130 valence electrons. The van der Waals surface area contributed by atoms with Gasteiger partial charge in [0.1, 0.15) is 11.6 Å². The first kappa shape index (κ1) is 16.8. The maximum atomic E-state index is 13.3. The summed E-state index contributed by atoms with van der Waals surface area (Å²) in [5, 5.41) is 0. The lowest BCUT2D eigenvalue weighted by molar-refractivity contribution is -0.123. The van der Waals surface area contributed by atoms with E-state index >= 15 is 0 Å². The smallest absolute Gasteiger partial charge is 0.254 e. The number of carbonyl (C=O) groups is 2. The molecular weight excluding hydrogens is 316 g/mol. The Kier molecular flexibility index (Phi) is 4.80. The summed E-state index contributed by atoms with van der Waals surface area (Å²) in [5.41, 5.74) is 5.49. The number of piperidine rings is 1. The van der Waals surface area contributed by atoms with E-state index in [0.717, 1.165) is 50.4 Å². The van der Waals surface area contributed by atoms with Crippen LogP contribution >= 0.6 is 0 Å². The number of benzene rings is 1. The summed E-state index contributed by atoms with van der Waals surface area (Å²) >= 11 is 0. The van der Waals surface area contributed by atoms with E-state index < -0.39 is 11.6 Å². The van der Waals surface area contributed by atoms with Gasteiger partial charge in [0.05, 0.1) is 6.04 Å². The van der Waals surface area contributed by atoms with Crippen molar-refractivity contribution < 1.29 is 18.4 Å². The van der Waals surface area contributed by atoms with Crippen molar-refractivity contribution in [3.63, 3.8) is 0 Å². The molecule has 0 saturated carbocycles. The summed E-state index contributed by atoms with van der Waals surface area (Å²) in [7, 11) is 0. The Bertz CT molecular complexity index is 624. The second-order valence-electron chi connectivity index (χ2n) is 6.48. The fourth-order valence-electron chi connectivity index (χ4n) is 3.79. The zero-order valence-corrected chi connectivity index (χ0v) is 13.4. The van der Waals surface area contributed by atoms with E-state index in [-0.39, 0.29) is 29.5 Å². The van der Waals surface area contributed by atoms with Crippen molar-refractivity contribution in [3.05, 3.63) is 35.4 Å². The molecule has 2 aliphatic rings. The molecule has 2 aliphatic heterocycles. The normalized spacial score (nSPS) is 22.8. The molecule has 0 spiro atoms. The van der Waals surface area contributed by atoms with Crippen molar-refractivity contribution in [2.24, 2.45) is 5.73 Å². The molecule has 3 rings (SSSR count). The van der Waals surface area contributed by atoms with Crippen LogP contribution < -0.4 is 5.73 Å². The number of nitrogens with zero attached hydrogens (tertiary/aromatic N) is 2. The number of likely N-dealkylation sites (tertiary alicyclic amines) is 2. The van der Waals surface area contributed by atoms with Gasteiger partial charge >= 0.3 is 0 Å². The molecule has 0 bridgehead atoms. The van der Waals surface area contributed by atoms with E-state index in [9.17, 15) is 18.4 Å². The van der Waals surface area contributed by atoms with Gasteiger partial charge in [0.25, 0.3) is 5.91 Å². The van der Waals surface area contributed by atoms with Crippen LogP contribution in [0.4, 0.5) is 8.78 Å². The average Bonchev–Trinajstić information content (AvgIpc) is 3.03. The Morgan fingerprint density at radius 3 is 2.21 bits per heavy atom. The van der Waals surface area contributed by atoms with Crippen LogP contribution in [-0.4, -0.2) is 53.3 Å². The molecule has 2 saturated heterocycles. The van der Waals surface area contributed by atoms with Crippen LogP contribution in [0, 0.1) is 11.6 Å². The Morgan fingerprint density at radius 1 is 1.00 bits per heavy atom. The van der Waals surface area contributed by atoms with Crippen LogP contribution in [0.3, 0.4) is 0 Å². The Labute approximate surface area is 139 Å². The summed E-state index contributed by atoms with van der Waals surface area (Å²) in [6.07, 6.45) is 3.20. The summed E-state index contributed by atoms with van der Waals surface area (Å²) in [5.74, 6) is -2.16. The first-order chi connectivity index (χ1) is 11.5. The highest BCUT2D eigenvalue weighted by molar-refractivity contribution is 5.94. The SMILES string of the molecule is NC(=O)C1CCCN1C1CCN(C(=O)c2cc(F)cc(F)c2)CC1. The number of hydrogen-bond acceptors (Lipinski definition) is 3. The predicted molar refractivity (Wildman–Crippen MR) is 84.2 cm³/mol. The summed E-state index contributed by atoms with van der Waals surface area (Å²) < 4.78 is 26.6. The second kappa shape index (κ2) is 6.84. The molecule has 2 fully saturated rings. The van der Waals surface area contributed by atoms with E-state index in [1.807, 2.05) is 0 Å². The molecule has 2 amide bonds. The van der Waals surface area contributed by atoms with Gasteiger partial charge in [0.2, 0.25) is 5.91 Å². The van der Waals surface area contributed by atoms with Gasteiger partial charge in [-0.3, -0.25) is 14.5 Å². The third-order valence-corrected chi connectivity index (χ3v) is 4.95. The molecule has 0 aromatic heterocycles. The molecule has 0 radical (unpaired) electrons. The van der Waals surface area contributed by atoms with E-state index in [4.69, 9.17) is 5.73 Å². The molecule has 5 nitrogen and oxygen atoms in total. The van der Waals surface area contributed by atoms with Gasteiger partial charge < -0.3 is 10.6 Å². The van der Waals surface area contributed by atoms with Crippen molar-refractivity contribution in [1.29, 1.82) is 0 Å². The van der Waals surface area contributed by atoms with Gasteiger partial charge in [-0.05, 0) is 44.4 Å². The van der Waals surface area contributed by atoms with Gasteiger partial charge in [-0.1, -0.05) is 0 Å². The minimum atomic E-state index is -0.755. The van der Waals surface area contributed by atoms with Crippen LogP contribution in [0.2, 0.25) is 0 Å². The van der Waals surface area contributed by atoms with Gasteiger partial charge in [-0.25, -0.2) is 8.78 Å². The highest BCUT2D eigenvalue weighted by Gasteiger charge is 2.36. The highest BCUT2D eigenvalue weighted by Crippen LogP contribution is 2.26. The molecule has 24 heavy (non-hydrogen) atoms. The van der Waals surface area contributed by atoms with Crippen LogP contribution in [0.5, 0.6) is 0 Å². The van der Waals surface area contributed by atoms with Crippen LogP contribution in [0.25, 0.3) is 0 Å². The summed E-state index contributed by atoms with van der Waals surface area (Å²) in [6, 6.07) is 2.87. The fraction of sp³-hybridized carbons (Fsp3) is 0.529. The molecule has 7 heteroatoms. The van der Waals surface area contributed by atoms with E-state index in [0.29, 0.717) is 13.1 Å². The van der Waals surface area contributed by atoms with Crippen LogP contribution in [-0.2, 0) is 4.79 Å². The van der Waals surface area contributed by atoms with Crippen molar-refractivity contribution in [2.45, 2.75) is 37.8 Å². The van der Waals surface area contributed by atoms with Gasteiger partial charge in [0.15, 0.2) is 0 Å². The minimum absolute atomic E-state index is 0.0298. The summed E-state index contributed by atoms with van der Waals surface area (Å²) in [6.45, 7) is 1.86. The van der Waals surface area contributed by atoms with Crippen molar-refractivity contribution in [3.8, 4) is 0 Å². The van der Waals surface area contributed by atoms with Crippen LogP contribution in [0.15, 0.2) is 18.2 Å². The maximum Gasteiger partial charge on any atom is 0.254 e. The number of amides is 2. The van der Waals surface area contributed by atoms with Crippen molar-refractivity contribution in [2.75, 3.05) is 19.6 Å². The molecule has 1 aromatic rings. The third kappa shape index (κ3) is 3.40. The number of hydrogen-bond donors (Lipinski definition) is 1. The summed E-state index contributed by atoms with van der Waals surface area (Å²) in [4.78, 5) is 27.7. The zero-order chi connectivity index (χ0) is 17.3. The number of carbonyl (C=O) groups excluding carboxylic acids is 2. The topological polar surface area (TPSA) is 66.6 Å². The molecule has 0 aliphatic carbocycles. The van der Waals surface area contributed by atoms with E-state index in [1.165, 1.54) is 0 Å². The zero-order valence-electron chi connectivity index (χ0n) is 13.4. The molecule has 2 N–H and O–H groups in total. The lowest BCUT2D eigenvalue weighted by atomic mass is 10.0. The van der Waals surface area contributed by atoms with Gasteiger partial charge in [-0.2, -0.15) is 0 Å². The van der Waals surface area contributed by atoms with Gasteiger partial charge in [0, 0.05) is 30.8 Å². The number of rotatable bonds is 3. The van der Waals surface area contributed by atoms with E-state index in [1.54, 1.807) is 4.90 Å². The second-order valence-corrected chi connectivity index (χ2v) is 6.48. The molecular formula is C17H21F2N3O2. The minimum Gasteiger partial charge on any atom is -0.368 e. The molecule has 1 atom stereocenters. The Hall–Kier alpha value is -2.02. The predicted octanol–water partition coefficient (Wildman–Crippen LogP) is 1.52. The number of halogens is 2. The largest absolute Gasteiger partial charge is 0.368 e. The fourth-order valence-corrected chi connectivity index (χ4v) is 3.79. The monoisotopic (exact) mass is 337 g/mol. The molecule has 1 unspecified atom stereocenters. The van der Waals surface area contributed by atoms with Crippen molar-refractivity contribution >= 4 is 11.8 Å². The molecule has 2 heterocycles. The first-order valence-corrected chi connectivity index (χ1v) is 8.26.